The molecule has 0 atom stereocenters. The molecule has 1 aliphatic carbocycles. The molecule has 0 aromatic rings. The second-order valence-corrected chi connectivity index (χ2v) is 3.86. The predicted molar refractivity (Wildman–Crippen MR) is 60.0 cm³/mol. The number of rotatable bonds is 7. The summed E-state index contributed by atoms with van der Waals surface area (Å²) in [5, 5.41) is 14.5. The SMILES string of the molecule is CCC(=CCNCC(=O)NC1CC1)C(=O)O. The van der Waals surface area contributed by atoms with Crippen LogP contribution in [0.4, 0.5) is 0 Å². The van der Waals surface area contributed by atoms with E-state index >= 15 is 0 Å². The van der Waals surface area contributed by atoms with Crippen LogP contribution >= 0.6 is 0 Å². The molecule has 0 unspecified atom stereocenters. The summed E-state index contributed by atoms with van der Waals surface area (Å²) in [7, 11) is 0. The lowest BCUT2D eigenvalue weighted by Gasteiger charge is -2.03. The van der Waals surface area contributed by atoms with Gasteiger partial charge in [0.05, 0.1) is 6.54 Å². The molecule has 1 rings (SSSR count). The summed E-state index contributed by atoms with van der Waals surface area (Å²) in [6.07, 6.45) is 4.24. The van der Waals surface area contributed by atoms with Gasteiger partial charge in [0.15, 0.2) is 0 Å². The number of carboxylic acids is 1. The maximum atomic E-state index is 11.2. The van der Waals surface area contributed by atoms with Gasteiger partial charge in [0.2, 0.25) is 5.91 Å². The number of carboxylic acid groups (broad SMARTS) is 1. The van der Waals surface area contributed by atoms with Crippen molar-refractivity contribution in [1.29, 1.82) is 0 Å². The number of hydrogen-bond acceptors (Lipinski definition) is 3. The van der Waals surface area contributed by atoms with Gasteiger partial charge in [-0.05, 0) is 19.3 Å². The summed E-state index contributed by atoms with van der Waals surface area (Å²) >= 11 is 0. The number of amides is 1. The number of hydrogen-bond donors (Lipinski definition) is 3. The van der Waals surface area contributed by atoms with E-state index in [-0.39, 0.29) is 12.5 Å². The first-order valence-electron chi connectivity index (χ1n) is 5.56. The maximum absolute atomic E-state index is 11.2. The van der Waals surface area contributed by atoms with Crippen LogP contribution < -0.4 is 10.6 Å². The van der Waals surface area contributed by atoms with E-state index < -0.39 is 5.97 Å². The van der Waals surface area contributed by atoms with Gasteiger partial charge < -0.3 is 15.7 Å². The van der Waals surface area contributed by atoms with Crippen LogP contribution in [-0.2, 0) is 9.59 Å². The minimum atomic E-state index is -0.897. The van der Waals surface area contributed by atoms with Crippen molar-refractivity contribution in [3.05, 3.63) is 11.6 Å². The van der Waals surface area contributed by atoms with Crippen molar-refractivity contribution in [2.45, 2.75) is 32.2 Å². The largest absolute Gasteiger partial charge is 0.478 e. The van der Waals surface area contributed by atoms with Crippen molar-refractivity contribution < 1.29 is 14.7 Å². The fourth-order valence-electron chi connectivity index (χ4n) is 1.27. The average molecular weight is 226 g/mol. The van der Waals surface area contributed by atoms with E-state index in [1.54, 1.807) is 13.0 Å². The molecule has 90 valence electrons. The Hall–Kier alpha value is -1.36. The minimum Gasteiger partial charge on any atom is -0.478 e. The molecule has 1 fully saturated rings. The average Bonchev–Trinajstić information content (AvgIpc) is 3.01. The lowest BCUT2D eigenvalue weighted by Crippen LogP contribution is -2.35. The van der Waals surface area contributed by atoms with E-state index in [0.29, 0.717) is 24.6 Å². The quantitative estimate of drug-likeness (QED) is 0.430. The fraction of sp³-hybridized carbons (Fsp3) is 0.636. The highest BCUT2D eigenvalue weighted by molar-refractivity contribution is 5.86. The van der Waals surface area contributed by atoms with Crippen LogP contribution in [0.5, 0.6) is 0 Å². The van der Waals surface area contributed by atoms with Gasteiger partial charge in [0.1, 0.15) is 0 Å². The highest BCUT2D eigenvalue weighted by Crippen LogP contribution is 2.18. The van der Waals surface area contributed by atoms with E-state index in [1.165, 1.54) is 0 Å². The van der Waals surface area contributed by atoms with Crippen LogP contribution in [-0.4, -0.2) is 36.1 Å². The molecule has 0 aromatic heterocycles. The molecule has 0 radical (unpaired) electrons. The summed E-state index contributed by atoms with van der Waals surface area (Å²) in [6.45, 7) is 2.44. The standard InChI is InChI=1S/C11H18N2O3/c1-2-8(11(15)16)5-6-12-7-10(14)13-9-3-4-9/h5,9,12H,2-4,6-7H2,1H3,(H,13,14)(H,15,16). The zero-order valence-electron chi connectivity index (χ0n) is 9.45. The molecule has 0 spiro atoms. The Balaban J connectivity index is 2.13. The predicted octanol–water partition coefficient (Wildman–Crippen LogP) is 0.276. The van der Waals surface area contributed by atoms with Gasteiger partial charge in [-0.1, -0.05) is 13.0 Å². The zero-order chi connectivity index (χ0) is 12.0. The van der Waals surface area contributed by atoms with Crippen molar-refractivity contribution in [2.24, 2.45) is 0 Å². The van der Waals surface area contributed by atoms with E-state index in [0.717, 1.165) is 12.8 Å². The monoisotopic (exact) mass is 226 g/mol. The molecular formula is C11H18N2O3. The smallest absolute Gasteiger partial charge is 0.331 e. The van der Waals surface area contributed by atoms with Gasteiger partial charge in [-0.2, -0.15) is 0 Å². The molecule has 5 heteroatoms. The van der Waals surface area contributed by atoms with Crippen molar-refractivity contribution in [2.75, 3.05) is 13.1 Å². The topological polar surface area (TPSA) is 78.4 Å². The highest BCUT2D eigenvalue weighted by Gasteiger charge is 2.22. The summed E-state index contributed by atoms with van der Waals surface area (Å²) in [4.78, 5) is 21.9. The first-order valence-corrected chi connectivity index (χ1v) is 5.56. The number of aliphatic carboxylic acids is 1. The first kappa shape index (κ1) is 12.7. The Morgan fingerprint density at radius 2 is 2.12 bits per heavy atom. The normalized spacial score (nSPS) is 15.9. The molecule has 16 heavy (non-hydrogen) atoms. The van der Waals surface area contributed by atoms with Crippen LogP contribution in [0.15, 0.2) is 11.6 Å². The molecular weight excluding hydrogens is 208 g/mol. The lowest BCUT2D eigenvalue weighted by atomic mass is 10.2. The second kappa shape index (κ2) is 6.27. The van der Waals surface area contributed by atoms with Gasteiger partial charge in [0, 0.05) is 18.2 Å². The van der Waals surface area contributed by atoms with Gasteiger partial charge in [-0.15, -0.1) is 0 Å². The molecule has 0 heterocycles. The van der Waals surface area contributed by atoms with E-state index in [2.05, 4.69) is 10.6 Å². The van der Waals surface area contributed by atoms with Crippen LogP contribution in [0.2, 0.25) is 0 Å². The summed E-state index contributed by atoms with van der Waals surface area (Å²) in [5.41, 5.74) is 0.370. The van der Waals surface area contributed by atoms with Crippen LogP contribution in [0.25, 0.3) is 0 Å². The maximum Gasteiger partial charge on any atom is 0.331 e. The number of carbonyl (C=O) groups excluding carboxylic acids is 1. The summed E-state index contributed by atoms with van der Waals surface area (Å²) in [6, 6.07) is 0.370. The first-order chi connectivity index (χ1) is 7.63. The third kappa shape index (κ3) is 4.93. The van der Waals surface area contributed by atoms with E-state index in [1.807, 2.05) is 0 Å². The molecule has 0 aromatic carbocycles. The van der Waals surface area contributed by atoms with Gasteiger partial charge in [-0.3, -0.25) is 4.79 Å². The molecule has 0 saturated heterocycles. The Morgan fingerprint density at radius 3 is 2.62 bits per heavy atom. The molecule has 3 N–H and O–H groups in total. The van der Waals surface area contributed by atoms with Crippen molar-refractivity contribution in [1.82, 2.24) is 10.6 Å². The van der Waals surface area contributed by atoms with Gasteiger partial charge >= 0.3 is 5.97 Å². The third-order valence-electron chi connectivity index (χ3n) is 2.38. The molecule has 5 nitrogen and oxygen atoms in total. The number of nitrogens with one attached hydrogen (secondary N) is 2. The van der Waals surface area contributed by atoms with E-state index in [4.69, 9.17) is 5.11 Å². The Kier molecular flexibility index (Phi) is 4.98. The van der Waals surface area contributed by atoms with Gasteiger partial charge in [-0.25, -0.2) is 4.79 Å². The van der Waals surface area contributed by atoms with E-state index in [9.17, 15) is 9.59 Å². The van der Waals surface area contributed by atoms with Crippen molar-refractivity contribution in [3.8, 4) is 0 Å². The molecule has 1 aliphatic rings. The van der Waals surface area contributed by atoms with Gasteiger partial charge in [0.25, 0.3) is 0 Å². The third-order valence-corrected chi connectivity index (χ3v) is 2.38. The Labute approximate surface area is 94.9 Å². The molecule has 1 amide bonds. The zero-order valence-corrected chi connectivity index (χ0v) is 9.45. The number of carbonyl (C=O) groups is 2. The highest BCUT2D eigenvalue weighted by atomic mass is 16.4. The van der Waals surface area contributed by atoms with Crippen LogP contribution in [0, 0.1) is 0 Å². The molecule has 0 bridgehead atoms. The van der Waals surface area contributed by atoms with Crippen molar-refractivity contribution in [3.63, 3.8) is 0 Å². The second-order valence-electron chi connectivity index (χ2n) is 3.86. The fourth-order valence-corrected chi connectivity index (χ4v) is 1.27. The van der Waals surface area contributed by atoms with Crippen LogP contribution in [0.3, 0.4) is 0 Å². The Bertz CT molecular complexity index is 296. The molecule has 0 aliphatic heterocycles. The minimum absolute atomic E-state index is 0.0238. The summed E-state index contributed by atoms with van der Waals surface area (Å²) in [5.74, 6) is -0.920. The summed E-state index contributed by atoms with van der Waals surface area (Å²) < 4.78 is 0. The molecule has 1 saturated carbocycles. The van der Waals surface area contributed by atoms with Crippen LogP contribution in [0.1, 0.15) is 26.2 Å². The lowest BCUT2D eigenvalue weighted by molar-refractivity contribution is -0.132. The van der Waals surface area contributed by atoms with Crippen molar-refractivity contribution >= 4 is 11.9 Å². The Morgan fingerprint density at radius 1 is 1.44 bits per heavy atom.